The van der Waals surface area contributed by atoms with E-state index in [1.165, 1.54) is 148 Å². The lowest BCUT2D eigenvalue weighted by atomic mass is 9.90. The molecule has 3 heteroatoms. The van der Waals surface area contributed by atoms with Crippen LogP contribution in [0.3, 0.4) is 0 Å². The minimum absolute atomic E-state index is 0.292. The molecule has 1 aliphatic heterocycles. The molecule has 1 saturated heterocycles. The van der Waals surface area contributed by atoms with Crippen LogP contribution in [0.15, 0.2) is 48.6 Å². The molecule has 3 nitrogen and oxygen atoms in total. The second-order valence-corrected chi connectivity index (χ2v) is 15.3. The van der Waals surface area contributed by atoms with Crippen LogP contribution in [-0.4, -0.2) is 43.0 Å². The van der Waals surface area contributed by atoms with Crippen molar-refractivity contribution in [1.29, 1.82) is 0 Å². The molecule has 0 spiro atoms. The first-order valence-corrected chi connectivity index (χ1v) is 21.2. The third kappa shape index (κ3) is 21.1. The van der Waals surface area contributed by atoms with Gasteiger partial charge in [0.1, 0.15) is 0 Å². The number of unbranched alkanes of at least 4 members (excludes halogenated alkanes) is 18. The molecule has 0 aromatic rings. The normalized spacial score (nSPS) is 21.2. The van der Waals surface area contributed by atoms with E-state index in [-0.39, 0.29) is 5.79 Å². The average molecular weight is 668 g/mol. The second-order valence-electron chi connectivity index (χ2n) is 15.3. The standard InChI is InChI=1S/C45H81NO2/c1-5-7-9-11-13-15-17-19-21-23-25-27-29-31-33-35-39-45(47-43-38-37-42(46(3)4)41-44(43)48-45)40-36-34-32-30-28-26-24-22-20-18-16-14-12-10-8-6-2/h13-16,19-22,42-44H,5-12,17-18,23-41H2,1-4H3/b15-13-,16-14-,21-19-,22-20-/t42-,43+,44+/m0/s1. The van der Waals surface area contributed by atoms with Crippen LogP contribution in [-0.2, 0) is 9.47 Å². The molecule has 1 saturated carbocycles. The Morgan fingerprint density at radius 2 is 0.875 bits per heavy atom. The average Bonchev–Trinajstić information content (AvgIpc) is 3.45. The van der Waals surface area contributed by atoms with E-state index in [9.17, 15) is 0 Å². The molecular weight excluding hydrogens is 587 g/mol. The molecule has 0 unspecified atom stereocenters. The molecule has 48 heavy (non-hydrogen) atoms. The van der Waals surface area contributed by atoms with Gasteiger partial charge < -0.3 is 14.4 Å². The number of ether oxygens (including phenoxy) is 2. The van der Waals surface area contributed by atoms with Crippen LogP contribution < -0.4 is 0 Å². The highest BCUT2D eigenvalue weighted by Gasteiger charge is 2.49. The van der Waals surface area contributed by atoms with Gasteiger partial charge in [0.05, 0.1) is 12.2 Å². The minimum atomic E-state index is -0.318. The lowest BCUT2D eigenvalue weighted by Crippen LogP contribution is -2.40. The van der Waals surface area contributed by atoms with E-state index in [0.29, 0.717) is 18.2 Å². The third-order valence-corrected chi connectivity index (χ3v) is 10.7. The topological polar surface area (TPSA) is 21.7 Å². The predicted molar refractivity (Wildman–Crippen MR) is 212 cm³/mol. The van der Waals surface area contributed by atoms with Crippen molar-refractivity contribution in [1.82, 2.24) is 4.90 Å². The summed E-state index contributed by atoms with van der Waals surface area (Å²) in [5.74, 6) is -0.318. The summed E-state index contributed by atoms with van der Waals surface area (Å²) in [7, 11) is 4.45. The molecule has 0 aromatic carbocycles. The number of rotatable bonds is 31. The monoisotopic (exact) mass is 668 g/mol. The van der Waals surface area contributed by atoms with Gasteiger partial charge in [-0.1, -0.05) is 140 Å². The SMILES string of the molecule is CCCCC/C=C\C/C=C\CCCCCCCCC1(CCCCCCCC/C=C\C/C=C\CCCCC)O[C@@H]2CC[C@H](N(C)C)C[C@H]2O1. The van der Waals surface area contributed by atoms with E-state index in [1.807, 2.05) is 0 Å². The Balaban J connectivity index is 1.59. The molecule has 0 bridgehead atoms. The minimum Gasteiger partial charge on any atom is -0.344 e. The van der Waals surface area contributed by atoms with Gasteiger partial charge >= 0.3 is 0 Å². The Morgan fingerprint density at radius 3 is 1.31 bits per heavy atom. The van der Waals surface area contributed by atoms with Gasteiger partial charge in [0, 0.05) is 18.9 Å². The smallest absolute Gasteiger partial charge is 0.169 e. The molecule has 2 fully saturated rings. The maximum atomic E-state index is 6.91. The molecule has 2 rings (SSSR count). The van der Waals surface area contributed by atoms with Gasteiger partial charge in [-0.25, -0.2) is 0 Å². The number of nitrogens with zero attached hydrogens (tertiary/aromatic N) is 1. The van der Waals surface area contributed by atoms with Crippen molar-refractivity contribution < 1.29 is 9.47 Å². The summed E-state index contributed by atoms with van der Waals surface area (Å²) in [4.78, 5) is 2.39. The summed E-state index contributed by atoms with van der Waals surface area (Å²) in [5, 5.41) is 0. The first kappa shape index (κ1) is 43.0. The van der Waals surface area contributed by atoms with Gasteiger partial charge in [-0.15, -0.1) is 0 Å². The zero-order chi connectivity index (χ0) is 34.4. The fourth-order valence-corrected chi connectivity index (χ4v) is 7.51. The number of hydrogen-bond acceptors (Lipinski definition) is 3. The van der Waals surface area contributed by atoms with Crippen LogP contribution in [0.5, 0.6) is 0 Å². The van der Waals surface area contributed by atoms with Gasteiger partial charge in [0.25, 0.3) is 0 Å². The lowest BCUT2D eigenvalue weighted by molar-refractivity contribution is -0.186. The zero-order valence-corrected chi connectivity index (χ0v) is 32.6. The molecule has 0 radical (unpaired) electrons. The number of hydrogen-bond donors (Lipinski definition) is 0. The van der Waals surface area contributed by atoms with Crippen molar-refractivity contribution in [3.63, 3.8) is 0 Å². The maximum Gasteiger partial charge on any atom is 0.169 e. The lowest BCUT2D eigenvalue weighted by Gasteiger charge is -2.33. The third-order valence-electron chi connectivity index (χ3n) is 10.7. The summed E-state index contributed by atoms with van der Waals surface area (Å²) in [6, 6.07) is 0.634. The van der Waals surface area contributed by atoms with E-state index in [1.54, 1.807) is 0 Å². The fraction of sp³-hybridized carbons (Fsp3) is 0.822. The van der Waals surface area contributed by atoms with Gasteiger partial charge in [-0.3, -0.25) is 0 Å². The summed E-state index contributed by atoms with van der Waals surface area (Å²) in [6.07, 6.45) is 56.3. The zero-order valence-electron chi connectivity index (χ0n) is 32.6. The Labute approximate surface area is 300 Å². The van der Waals surface area contributed by atoms with Crippen molar-refractivity contribution in [2.24, 2.45) is 0 Å². The van der Waals surface area contributed by atoms with Crippen LogP contribution in [0.1, 0.15) is 200 Å². The van der Waals surface area contributed by atoms with Gasteiger partial charge in [-0.05, 0) is 110 Å². The summed E-state index contributed by atoms with van der Waals surface area (Å²) < 4.78 is 13.8. The van der Waals surface area contributed by atoms with E-state index in [2.05, 4.69) is 81.5 Å². The molecule has 2 aliphatic rings. The maximum absolute atomic E-state index is 6.91. The summed E-state index contributed by atoms with van der Waals surface area (Å²) in [6.45, 7) is 4.54. The van der Waals surface area contributed by atoms with Crippen molar-refractivity contribution >= 4 is 0 Å². The molecule has 3 atom stereocenters. The van der Waals surface area contributed by atoms with E-state index >= 15 is 0 Å². The molecule has 1 heterocycles. The summed E-state index contributed by atoms with van der Waals surface area (Å²) >= 11 is 0. The number of fused-ring (bicyclic) bond motifs is 1. The van der Waals surface area contributed by atoms with Crippen molar-refractivity contribution in [2.45, 2.75) is 224 Å². The predicted octanol–water partition coefficient (Wildman–Crippen LogP) is 14.0. The molecule has 0 amide bonds. The Hall–Kier alpha value is -1.16. The summed E-state index contributed by atoms with van der Waals surface area (Å²) in [5.41, 5.74) is 0. The van der Waals surface area contributed by atoms with Gasteiger partial charge in [0.2, 0.25) is 0 Å². The molecule has 0 aromatic heterocycles. The first-order chi connectivity index (χ1) is 23.6. The van der Waals surface area contributed by atoms with E-state index in [0.717, 1.165) is 38.5 Å². The highest BCUT2D eigenvalue weighted by atomic mass is 16.8. The van der Waals surface area contributed by atoms with Crippen LogP contribution in [0.4, 0.5) is 0 Å². The Morgan fingerprint density at radius 1 is 0.479 bits per heavy atom. The van der Waals surface area contributed by atoms with E-state index < -0.39 is 0 Å². The molecule has 278 valence electrons. The largest absolute Gasteiger partial charge is 0.344 e. The Kier molecular flexibility index (Phi) is 26.5. The van der Waals surface area contributed by atoms with Crippen LogP contribution >= 0.6 is 0 Å². The molecule has 1 aliphatic carbocycles. The van der Waals surface area contributed by atoms with Crippen molar-refractivity contribution in [2.75, 3.05) is 14.1 Å². The van der Waals surface area contributed by atoms with Gasteiger partial charge in [-0.2, -0.15) is 0 Å². The second kappa shape index (κ2) is 29.6. The molecule has 0 N–H and O–H groups in total. The highest BCUT2D eigenvalue weighted by Crippen LogP contribution is 2.43. The number of allylic oxidation sites excluding steroid dienone is 8. The van der Waals surface area contributed by atoms with Crippen molar-refractivity contribution in [3.8, 4) is 0 Å². The highest BCUT2D eigenvalue weighted by molar-refractivity contribution is 4.95. The van der Waals surface area contributed by atoms with E-state index in [4.69, 9.17) is 9.47 Å². The Bertz CT molecular complexity index is 794. The molecular formula is C45H81NO2. The van der Waals surface area contributed by atoms with Gasteiger partial charge in [0.15, 0.2) is 5.79 Å². The van der Waals surface area contributed by atoms with Crippen LogP contribution in [0.2, 0.25) is 0 Å². The first-order valence-electron chi connectivity index (χ1n) is 21.2. The van der Waals surface area contributed by atoms with Crippen LogP contribution in [0.25, 0.3) is 0 Å². The quantitative estimate of drug-likeness (QED) is 0.0542. The van der Waals surface area contributed by atoms with Crippen molar-refractivity contribution in [3.05, 3.63) is 48.6 Å². The fourth-order valence-electron chi connectivity index (χ4n) is 7.51. The van der Waals surface area contributed by atoms with Crippen LogP contribution in [0, 0.1) is 0 Å².